The molecule has 106 valence electrons. The summed E-state index contributed by atoms with van der Waals surface area (Å²) >= 11 is 0. The van der Waals surface area contributed by atoms with Gasteiger partial charge in [0.1, 0.15) is 5.75 Å². The van der Waals surface area contributed by atoms with Gasteiger partial charge in [0, 0.05) is 5.69 Å². The van der Waals surface area contributed by atoms with E-state index in [-0.39, 0.29) is 17.6 Å². The molecule has 0 saturated carbocycles. The molecular formula is C12H15F3N2O2. The summed E-state index contributed by atoms with van der Waals surface area (Å²) in [5, 5.41) is 2.51. The first kappa shape index (κ1) is 15.3. The highest BCUT2D eigenvalue weighted by Crippen LogP contribution is 2.24. The minimum absolute atomic E-state index is 0.0344. The average molecular weight is 276 g/mol. The first-order valence-corrected chi connectivity index (χ1v) is 5.61. The van der Waals surface area contributed by atoms with E-state index >= 15 is 0 Å². The van der Waals surface area contributed by atoms with Gasteiger partial charge in [-0.1, -0.05) is 13.8 Å². The van der Waals surface area contributed by atoms with Crippen LogP contribution in [-0.4, -0.2) is 18.3 Å². The highest BCUT2D eigenvalue weighted by atomic mass is 19.4. The van der Waals surface area contributed by atoms with Crippen LogP contribution in [0.1, 0.15) is 13.8 Å². The Labute approximate surface area is 108 Å². The smallest absolute Gasteiger partial charge is 0.406 e. The summed E-state index contributed by atoms with van der Waals surface area (Å²) in [6.45, 7) is 3.59. The highest BCUT2D eigenvalue weighted by Gasteiger charge is 2.31. The zero-order valence-electron chi connectivity index (χ0n) is 10.5. The van der Waals surface area contributed by atoms with E-state index in [9.17, 15) is 18.0 Å². The summed E-state index contributed by atoms with van der Waals surface area (Å²) < 4.78 is 39.5. The number of carbonyl (C=O) groups excluding carboxylic acids is 1. The van der Waals surface area contributed by atoms with Gasteiger partial charge in [-0.2, -0.15) is 0 Å². The van der Waals surface area contributed by atoms with Gasteiger partial charge in [0.15, 0.2) is 0 Å². The van der Waals surface area contributed by atoms with Crippen LogP contribution < -0.4 is 15.8 Å². The third-order valence-electron chi connectivity index (χ3n) is 2.38. The first-order valence-electron chi connectivity index (χ1n) is 5.61. The second-order valence-electron chi connectivity index (χ2n) is 4.33. The van der Waals surface area contributed by atoms with Crippen LogP contribution in [0.25, 0.3) is 0 Å². The molecule has 0 aliphatic heterocycles. The molecule has 0 aliphatic carbocycles. The molecule has 3 N–H and O–H groups in total. The molecule has 1 aromatic carbocycles. The van der Waals surface area contributed by atoms with E-state index in [1.165, 1.54) is 12.1 Å². The summed E-state index contributed by atoms with van der Waals surface area (Å²) in [5.74, 6) is -0.772. The molecular weight excluding hydrogens is 261 g/mol. The minimum atomic E-state index is -4.73. The highest BCUT2D eigenvalue weighted by molar-refractivity contribution is 5.94. The predicted octanol–water partition coefficient (Wildman–Crippen LogP) is 2.51. The number of nitrogens with two attached hydrogens (primary N) is 1. The molecule has 0 aromatic heterocycles. The molecule has 0 bridgehead atoms. The monoisotopic (exact) mass is 276 g/mol. The largest absolute Gasteiger partial charge is 0.573 e. The maximum atomic E-state index is 11.9. The number of amides is 1. The molecule has 1 amide bonds. The summed E-state index contributed by atoms with van der Waals surface area (Å²) in [4.78, 5) is 11.6. The first-order chi connectivity index (χ1) is 8.69. The van der Waals surface area contributed by atoms with Crippen molar-refractivity contribution in [2.24, 2.45) is 11.7 Å². The van der Waals surface area contributed by atoms with Crippen LogP contribution in [-0.2, 0) is 4.79 Å². The number of anilines is 1. The number of carbonyl (C=O) groups is 1. The Kier molecular flexibility index (Phi) is 4.77. The molecule has 0 radical (unpaired) electrons. The lowest BCUT2D eigenvalue weighted by Gasteiger charge is -2.15. The fraction of sp³-hybridized carbons (Fsp3) is 0.417. The molecule has 0 fully saturated rings. The topological polar surface area (TPSA) is 64.4 Å². The number of benzene rings is 1. The molecule has 1 unspecified atom stereocenters. The zero-order chi connectivity index (χ0) is 14.6. The fourth-order valence-corrected chi connectivity index (χ4v) is 1.27. The SMILES string of the molecule is CC(C)C(N)C(=O)Nc1ccc(OC(F)(F)F)cc1. The van der Waals surface area contributed by atoms with Crippen molar-refractivity contribution in [1.29, 1.82) is 0 Å². The van der Waals surface area contributed by atoms with Crippen LogP contribution in [0.15, 0.2) is 24.3 Å². The fourth-order valence-electron chi connectivity index (χ4n) is 1.27. The standard InChI is InChI=1S/C12H15F3N2O2/c1-7(2)10(16)11(18)17-8-3-5-9(6-4-8)19-12(13,14)15/h3-7,10H,16H2,1-2H3,(H,17,18). The second-order valence-corrected chi connectivity index (χ2v) is 4.33. The quantitative estimate of drug-likeness (QED) is 0.888. The lowest BCUT2D eigenvalue weighted by atomic mass is 10.1. The van der Waals surface area contributed by atoms with Crippen LogP contribution in [0.5, 0.6) is 5.75 Å². The van der Waals surface area contributed by atoms with E-state index in [0.29, 0.717) is 5.69 Å². The molecule has 0 aliphatic rings. The maximum absolute atomic E-state index is 11.9. The predicted molar refractivity (Wildman–Crippen MR) is 64.6 cm³/mol. The molecule has 1 rings (SSSR count). The number of ether oxygens (including phenoxy) is 1. The zero-order valence-corrected chi connectivity index (χ0v) is 10.5. The van der Waals surface area contributed by atoms with Gasteiger partial charge in [-0.25, -0.2) is 0 Å². The Balaban J connectivity index is 2.65. The Bertz CT molecular complexity index is 430. The van der Waals surface area contributed by atoms with E-state index in [0.717, 1.165) is 12.1 Å². The summed E-state index contributed by atoms with van der Waals surface area (Å²) in [7, 11) is 0. The van der Waals surface area contributed by atoms with Gasteiger partial charge in [0.2, 0.25) is 5.91 Å². The Morgan fingerprint density at radius 2 is 1.79 bits per heavy atom. The Morgan fingerprint density at radius 3 is 2.21 bits per heavy atom. The van der Waals surface area contributed by atoms with Crippen LogP contribution >= 0.6 is 0 Å². The van der Waals surface area contributed by atoms with Gasteiger partial charge in [0.05, 0.1) is 6.04 Å². The van der Waals surface area contributed by atoms with Crippen molar-refractivity contribution in [2.45, 2.75) is 26.3 Å². The third-order valence-corrected chi connectivity index (χ3v) is 2.38. The number of nitrogens with one attached hydrogen (secondary N) is 1. The minimum Gasteiger partial charge on any atom is -0.406 e. The number of halogens is 3. The van der Waals surface area contributed by atoms with E-state index in [1.54, 1.807) is 13.8 Å². The average Bonchev–Trinajstić information content (AvgIpc) is 2.28. The van der Waals surface area contributed by atoms with E-state index in [4.69, 9.17) is 5.73 Å². The number of rotatable bonds is 4. The molecule has 1 aromatic rings. The van der Waals surface area contributed by atoms with Crippen molar-refractivity contribution < 1.29 is 22.7 Å². The summed E-state index contributed by atoms with van der Waals surface area (Å²) in [5.41, 5.74) is 5.99. The number of hydrogen-bond donors (Lipinski definition) is 2. The van der Waals surface area contributed by atoms with Crippen molar-refractivity contribution in [3.8, 4) is 5.75 Å². The van der Waals surface area contributed by atoms with Gasteiger partial charge >= 0.3 is 6.36 Å². The molecule has 0 spiro atoms. The van der Waals surface area contributed by atoms with Crippen molar-refractivity contribution in [3.05, 3.63) is 24.3 Å². The molecule has 0 heterocycles. The van der Waals surface area contributed by atoms with E-state index in [2.05, 4.69) is 10.1 Å². The van der Waals surface area contributed by atoms with Crippen LogP contribution in [0.3, 0.4) is 0 Å². The summed E-state index contributed by atoms with van der Waals surface area (Å²) in [6, 6.07) is 4.18. The molecule has 1 atom stereocenters. The molecule has 4 nitrogen and oxygen atoms in total. The van der Waals surface area contributed by atoms with Gasteiger partial charge in [-0.3, -0.25) is 4.79 Å². The van der Waals surface area contributed by atoms with Crippen molar-refractivity contribution >= 4 is 11.6 Å². The maximum Gasteiger partial charge on any atom is 0.573 e. The van der Waals surface area contributed by atoms with Gasteiger partial charge in [0.25, 0.3) is 0 Å². The lowest BCUT2D eigenvalue weighted by molar-refractivity contribution is -0.274. The van der Waals surface area contributed by atoms with Crippen molar-refractivity contribution in [1.82, 2.24) is 0 Å². The van der Waals surface area contributed by atoms with Crippen molar-refractivity contribution in [3.63, 3.8) is 0 Å². The van der Waals surface area contributed by atoms with E-state index < -0.39 is 12.4 Å². The summed E-state index contributed by atoms with van der Waals surface area (Å²) in [6.07, 6.45) is -4.73. The lowest BCUT2D eigenvalue weighted by Crippen LogP contribution is -2.39. The third kappa shape index (κ3) is 5.17. The van der Waals surface area contributed by atoms with Crippen LogP contribution in [0.2, 0.25) is 0 Å². The number of alkyl halides is 3. The van der Waals surface area contributed by atoms with Gasteiger partial charge < -0.3 is 15.8 Å². The molecule has 7 heteroatoms. The Hall–Kier alpha value is -1.76. The molecule has 19 heavy (non-hydrogen) atoms. The number of hydrogen-bond acceptors (Lipinski definition) is 3. The van der Waals surface area contributed by atoms with Gasteiger partial charge in [-0.15, -0.1) is 13.2 Å². The van der Waals surface area contributed by atoms with E-state index in [1.807, 2.05) is 0 Å². The Morgan fingerprint density at radius 1 is 1.26 bits per heavy atom. The second kappa shape index (κ2) is 5.92. The van der Waals surface area contributed by atoms with Crippen LogP contribution in [0, 0.1) is 5.92 Å². The van der Waals surface area contributed by atoms with Gasteiger partial charge in [-0.05, 0) is 30.2 Å². The van der Waals surface area contributed by atoms with Crippen molar-refractivity contribution in [2.75, 3.05) is 5.32 Å². The molecule has 0 saturated heterocycles. The normalized spacial score (nSPS) is 13.2. The van der Waals surface area contributed by atoms with Crippen LogP contribution in [0.4, 0.5) is 18.9 Å².